The van der Waals surface area contributed by atoms with Gasteiger partial charge in [-0.25, -0.2) is 8.42 Å². The lowest BCUT2D eigenvalue weighted by Crippen LogP contribution is -2.18. The highest BCUT2D eigenvalue weighted by Gasteiger charge is 2.29. The van der Waals surface area contributed by atoms with E-state index in [9.17, 15) is 18.6 Å². The lowest BCUT2D eigenvalue weighted by atomic mass is 9.95. The third-order valence-electron chi connectivity index (χ3n) is 2.54. The molecule has 5 heteroatoms. The predicted molar refractivity (Wildman–Crippen MR) is 64.2 cm³/mol. The van der Waals surface area contributed by atoms with Crippen LogP contribution in [0.3, 0.4) is 0 Å². The molecular weight excluding hydrogens is 240 g/mol. The van der Waals surface area contributed by atoms with E-state index in [1.54, 1.807) is 19.9 Å². The highest BCUT2D eigenvalue weighted by molar-refractivity contribution is 7.95. The fourth-order valence-corrected chi connectivity index (χ4v) is 3.43. The van der Waals surface area contributed by atoms with Crippen LogP contribution in [0.2, 0.25) is 0 Å². The van der Waals surface area contributed by atoms with Crippen molar-refractivity contribution in [1.82, 2.24) is 0 Å². The Morgan fingerprint density at radius 1 is 1.29 bits per heavy atom. The maximum atomic E-state index is 11.8. The smallest absolute Gasteiger partial charge is 0.200 e. The molecule has 4 nitrogen and oxygen atoms in total. The number of hydrogen-bond acceptors (Lipinski definition) is 4. The van der Waals surface area contributed by atoms with E-state index in [1.165, 1.54) is 12.1 Å². The Bertz CT molecular complexity index is 591. The van der Waals surface area contributed by atoms with Crippen LogP contribution >= 0.6 is 0 Å². The molecule has 2 rings (SSSR count). The first kappa shape index (κ1) is 12.1. The van der Waals surface area contributed by atoms with Crippen molar-refractivity contribution in [2.24, 2.45) is 0 Å². The lowest BCUT2D eigenvalue weighted by Gasteiger charge is -2.17. The van der Waals surface area contributed by atoms with Crippen molar-refractivity contribution < 1.29 is 18.6 Å². The summed E-state index contributed by atoms with van der Waals surface area (Å²) in [5.41, 5.74) is 0.165. The molecule has 0 saturated heterocycles. The standard InChI is InChI=1S/C12H14O4S/c1-12(2,14)6-8-7-17(15,16)11-5-9(13)3-4-10(8)11/h3-5,7,13-14H,6H2,1-2H3. The van der Waals surface area contributed by atoms with E-state index in [-0.39, 0.29) is 17.1 Å². The number of aliphatic hydroxyl groups is 1. The topological polar surface area (TPSA) is 74.6 Å². The Morgan fingerprint density at radius 3 is 2.53 bits per heavy atom. The van der Waals surface area contributed by atoms with Crippen molar-refractivity contribution >= 4 is 15.4 Å². The van der Waals surface area contributed by atoms with Crippen molar-refractivity contribution in [2.45, 2.75) is 30.8 Å². The summed E-state index contributed by atoms with van der Waals surface area (Å²) in [4.78, 5) is 0.108. The van der Waals surface area contributed by atoms with Gasteiger partial charge in [0.25, 0.3) is 0 Å². The first-order valence-corrected chi connectivity index (χ1v) is 6.75. The molecule has 17 heavy (non-hydrogen) atoms. The Hall–Kier alpha value is -1.33. The fourth-order valence-electron chi connectivity index (χ4n) is 1.93. The second-order valence-corrected chi connectivity index (χ2v) is 6.62. The van der Waals surface area contributed by atoms with Crippen LogP contribution in [0.25, 0.3) is 5.57 Å². The van der Waals surface area contributed by atoms with Crippen molar-refractivity contribution in [2.75, 3.05) is 0 Å². The average molecular weight is 254 g/mol. The third-order valence-corrected chi connectivity index (χ3v) is 4.08. The summed E-state index contributed by atoms with van der Waals surface area (Å²) in [7, 11) is -3.48. The van der Waals surface area contributed by atoms with E-state index in [4.69, 9.17) is 0 Å². The molecule has 0 saturated carbocycles. The van der Waals surface area contributed by atoms with Gasteiger partial charge >= 0.3 is 0 Å². The molecule has 0 radical (unpaired) electrons. The number of benzene rings is 1. The molecule has 0 aliphatic carbocycles. The minimum atomic E-state index is -3.48. The summed E-state index contributed by atoms with van der Waals surface area (Å²) in [6.07, 6.45) is 0.254. The maximum absolute atomic E-state index is 11.8. The average Bonchev–Trinajstić information content (AvgIpc) is 2.35. The quantitative estimate of drug-likeness (QED) is 0.842. The molecule has 0 bridgehead atoms. The van der Waals surface area contributed by atoms with E-state index in [1.807, 2.05) is 0 Å². The monoisotopic (exact) mass is 254 g/mol. The Morgan fingerprint density at radius 2 is 1.94 bits per heavy atom. The first-order valence-electron chi connectivity index (χ1n) is 5.20. The number of fused-ring (bicyclic) bond motifs is 1. The molecule has 1 aromatic rings. The molecule has 1 aromatic carbocycles. The van der Waals surface area contributed by atoms with Crippen LogP contribution in [0, 0.1) is 0 Å². The van der Waals surface area contributed by atoms with Gasteiger partial charge in [0.05, 0.1) is 10.5 Å². The maximum Gasteiger partial charge on any atom is 0.200 e. The van der Waals surface area contributed by atoms with E-state index in [0.717, 1.165) is 5.41 Å². The van der Waals surface area contributed by atoms with Gasteiger partial charge in [-0.3, -0.25) is 0 Å². The second kappa shape index (κ2) is 3.58. The first-order chi connectivity index (χ1) is 7.69. The van der Waals surface area contributed by atoms with Gasteiger partial charge < -0.3 is 10.2 Å². The largest absolute Gasteiger partial charge is 0.508 e. The number of sulfone groups is 1. The van der Waals surface area contributed by atoms with Gasteiger partial charge in [-0.05, 0) is 43.2 Å². The molecule has 0 aromatic heterocycles. The van der Waals surface area contributed by atoms with E-state index < -0.39 is 15.4 Å². The van der Waals surface area contributed by atoms with Gasteiger partial charge in [0.15, 0.2) is 0 Å². The normalized spacial score (nSPS) is 17.7. The van der Waals surface area contributed by atoms with E-state index in [0.29, 0.717) is 11.1 Å². The molecule has 0 atom stereocenters. The number of phenolic OH excluding ortho intramolecular Hbond substituents is 1. The Balaban J connectivity index is 2.54. The fraction of sp³-hybridized carbons (Fsp3) is 0.333. The zero-order valence-corrected chi connectivity index (χ0v) is 10.5. The number of hydrogen-bond donors (Lipinski definition) is 2. The molecule has 2 N–H and O–H groups in total. The number of rotatable bonds is 2. The molecule has 1 aliphatic rings. The molecular formula is C12H14O4S. The minimum Gasteiger partial charge on any atom is -0.508 e. The number of phenols is 1. The molecule has 0 unspecified atom stereocenters. The highest BCUT2D eigenvalue weighted by atomic mass is 32.2. The van der Waals surface area contributed by atoms with Crippen LogP contribution in [0.15, 0.2) is 28.5 Å². The van der Waals surface area contributed by atoms with Gasteiger partial charge in [-0.15, -0.1) is 0 Å². The van der Waals surface area contributed by atoms with Crippen LogP contribution in [0.4, 0.5) is 0 Å². The van der Waals surface area contributed by atoms with Gasteiger partial charge in [0.1, 0.15) is 5.75 Å². The van der Waals surface area contributed by atoms with Crippen LogP contribution in [0.1, 0.15) is 25.8 Å². The Labute approximate surface area is 100 Å². The second-order valence-electron chi connectivity index (χ2n) is 4.86. The molecule has 0 fully saturated rings. The third kappa shape index (κ3) is 2.35. The van der Waals surface area contributed by atoms with Gasteiger partial charge in [-0.2, -0.15) is 0 Å². The molecule has 0 amide bonds. The summed E-state index contributed by atoms with van der Waals surface area (Å²) in [6.45, 7) is 3.25. The molecule has 1 heterocycles. The van der Waals surface area contributed by atoms with Crippen LogP contribution in [-0.2, 0) is 9.84 Å². The molecule has 1 aliphatic heterocycles. The van der Waals surface area contributed by atoms with Gasteiger partial charge in [0, 0.05) is 11.8 Å². The zero-order chi connectivity index (χ0) is 12.8. The Kier molecular flexibility index (Phi) is 2.56. The molecule has 0 spiro atoms. The predicted octanol–water partition coefficient (Wildman–Crippen LogP) is 1.68. The summed E-state index contributed by atoms with van der Waals surface area (Å²) >= 11 is 0. The lowest BCUT2D eigenvalue weighted by molar-refractivity contribution is 0.0864. The van der Waals surface area contributed by atoms with Crippen molar-refractivity contribution in [3.8, 4) is 5.75 Å². The number of aromatic hydroxyl groups is 1. The summed E-state index contributed by atoms with van der Waals surface area (Å²) in [6, 6.07) is 4.24. The van der Waals surface area contributed by atoms with Crippen LogP contribution in [0.5, 0.6) is 5.75 Å². The van der Waals surface area contributed by atoms with Crippen molar-refractivity contribution in [1.29, 1.82) is 0 Å². The SMILES string of the molecule is CC(C)(O)CC1=CS(=O)(=O)c2cc(O)ccc21. The summed E-state index contributed by atoms with van der Waals surface area (Å²) in [5.74, 6) is -0.0785. The van der Waals surface area contributed by atoms with Crippen LogP contribution < -0.4 is 0 Å². The zero-order valence-electron chi connectivity index (χ0n) is 9.64. The van der Waals surface area contributed by atoms with Crippen LogP contribution in [-0.4, -0.2) is 24.2 Å². The van der Waals surface area contributed by atoms with Gasteiger partial charge in [-0.1, -0.05) is 0 Å². The summed E-state index contributed by atoms with van der Waals surface area (Å²) < 4.78 is 23.7. The molecule has 92 valence electrons. The van der Waals surface area contributed by atoms with Gasteiger partial charge in [0.2, 0.25) is 9.84 Å². The highest BCUT2D eigenvalue weighted by Crippen LogP contribution is 2.39. The summed E-state index contributed by atoms with van der Waals surface area (Å²) in [5, 5.41) is 20.2. The minimum absolute atomic E-state index is 0.0785. The van der Waals surface area contributed by atoms with Crippen molar-refractivity contribution in [3.63, 3.8) is 0 Å². The van der Waals surface area contributed by atoms with E-state index >= 15 is 0 Å². The van der Waals surface area contributed by atoms with Crippen molar-refractivity contribution in [3.05, 3.63) is 29.2 Å². The van der Waals surface area contributed by atoms with E-state index in [2.05, 4.69) is 0 Å².